The molecule has 30 heavy (non-hydrogen) atoms. The van der Waals surface area contributed by atoms with Gasteiger partial charge >= 0.3 is 0 Å². The van der Waals surface area contributed by atoms with Crippen molar-refractivity contribution in [1.29, 1.82) is 0 Å². The van der Waals surface area contributed by atoms with Crippen LogP contribution in [0, 0.1) is 5.92 Å². The van der Waals surface area contributed by atoms with Crippen LogP contribution in [0.5, 0.6) is 0 Å². The molecule has 0 aliphatic heterocycles. The van der Waals surface area contributed by atoms with E-state index >= 15 is 0 Å². The van der Waals surface area contributed by atoms with Crippen molar-refractivity contribution in [1.82, 2.24) is 14.8 Å². The average Bonchev–Trinajstić information content (AvgIpc) is 3.19. The number of sulfonamides is 2. The number of hydrogen-bond donors (Lipinski definition) is 3. The van der Waals surface area contributed by atoms with E-state index in [9.17, 15) is 21.6 Å². The van der Waals surface area contributed by atoms with Gasteiger partial charge in [-0.1, -0.05) is 32.0 Å². The predicted octanol–water partition coefficient (Wildman–Crippen LogP) is 2.05. The summed E-state index contributed by atoms with van der Waals surface area (Å²) in [6.45, 7) is 7.00. The molecular weight excluding hydrogens is 446 g/mol. The van der Waals surface area contributed by atoms with Gasteiger partial charge in [0.2, 0.25) is 15.9 Å². The first kappa shape index (κ1) is 24.5. The highest BCUT2D eigenvalue weighted by molar-refractivity contribution is 7.91. The number of rotatable bonds is 10. The van der Waals surface area contributed by atoms with Crippen LogP contribution >= 0.6 is 11.3 Å². The number of thiophene rings is 1. The third-order valence-electron chi connectivity index (χ3n) is 4.06. The molecule has 2 rings (SSSR count). The summed E-state index contributed by atoms with van der Waals surface area (Å²) in [4.78, 5) is 12.8. The van der Waals surface area contributed by atoms with Gasteiger partial charge in [0.05, 0.1) is 4.90 Å². The summed E-state index contributed by atoms with van der Waals surface area (Å²) in [5.41, 5.74) is 0.582. The van der Waals surface area contributed by atoms with E-state index < -0.39 is 32.0 Å². The topological polar surface area (TPSA) is 121 Å². The molecule has 1 heterocycles. The van der Waals surface area contributed by atoms with Crippen molar-refractivity contribution in [2.75, 3.05) is 0 Å². The van der Waals surface area contributed by atoms with Gasteiger partial charge in [-0.2, -0.15) is 4.72 Å². The fraction of sp³-hybridized carbons (Fsp3) is 0.421. The Balaban J connectivity index is 2.10. The fourth-order valence-corrected chi connectivity index (χ4v) is 6.31. The van der Waals surface area contributed by atoms with E-state index in [1.807, 2.05) is 0 Å². The molecule has 0 aliphatic carbocycles. The third-order valence-corrected chi connectivity index (χ3v) is 8.55. The SMILES string of the molecule is CC(C)NS(=O)(=O)c1cccc(CNC(=O)[C@@H](NS(=O)(=O)c2cccs2)C(C)C)c1. The van der Waals surface area contributed by atoms with Gasteiger partial charge in [-0.15, -0.1) is 11.3 Å². The second kappa shape index (κ2) is 10.0. The first-order valence-corrected chi connectivity index (χ1v) is 13.2. The van der Waals surface area contributed by atoms with Crippen LogP contribution in [0.3, 0.4) is 0 Å². The summed E-state index contributed by atoms with van der Waals surface area (Å²) in [7, 11) is -7.46. The summed E-state index contributed by atoms with van der Waals surface area (Å²) in [5.74, 6) is -0.777. The van der Waals surface area contributed by atoms with Crippen molar-refractivity contribution in [3.63, 3.8) is 0 Å². The van der Waals surface area contributed by atoms with Gasteiger partial charge in [-0.3, -0.25) is 4.79 Å². The maximum absolute atomic E-state index is 12.7. The van der Waals surface area contributed by atoms with Crippen LogP contribution in [0.1, 0.15) is 33.3 Å². The zero-order chi connectivity index (χ0) is 22.5. The molecule has 3 N–H and O–H groups in total. The van der Waals surface area contributed by atoms with E-state index in [2.05, 4.69) is 14.8 Å². The molecular formula is C19H27N3O5S3. The maximum Gasteiger partial charge on any atom is 0.250 e. The van der Waals surface area contributed by atoms with E-state index in [0.717, 1.165) is 11.3 Å². The van der Waals surface area contributed by atoms with Crippen molar-refractivity contribution in [2.24, 2.45) is 5.92 Å². The minimum Gasteiger partial charge on any atom is -0.351 e. The summed E-state index contributed by atoms with van der Waals surface area (Å²) in [5, 5.41) is 4.34. The lowest BCUT2D eigenvalue weighted by Gasteiger charge is -2.21. The number of nitrogens with one attached hydrogen (secondary N) is 3. The molecule has 0 aliphatic rings. The van der Waals surface area contributed by atoms with Gasteiger partial charge in [0, 0.05) is 12.6 Å². The van der Waals surface area contributed by atoms with Crippen molar-refractivity contribution in [2.45, 2.75) is 55.4 Å². The second-order valence-corrected chi connectivity index (χ2v) is 12.0. The van der Waals surface area contributed by atoms with Crippen LogP contribution in [-0.4, -0.2) is 34.8 Å². The van der Waals surface area contributed by atoms with Crippen LogP contribution in [0.15, 0.2) is 50.9 Å². The highest BCUT2D eigenvalue weighted by atomic mass is 32.2. The summed E-state index contributed by atoms with van der Waals surface area (Å²) in [6, 6.07) is 8.11. The van der Waals surface area contributed by atoms with Crippen molar-refractivity contribution in [3.8, 4) is 0 Å². The molecule has 2 aromatic rings. The van der Waals surface area contributed by atoms with E-state index in [-0.39, 0.29) is 27.6 Å². The van der Waals surface area contributed by atoms with Gasteiger partial charge in [0.1, 0.15) is 10.3 Å². The quantitative estimate of drug-likeness (QED) is 0.488. The van der Waals surface area contributed by atoms with Crippen molar-refractivity contribution >= 4 is 37.3 Å². The van der Waals surface area contributed by atoms with Crippen LogP contribution in [0.2, 0.25) is 0 Å². The molecule has 1 aromatic heterocycles. The molecule has 11 heteroatoms. The molecule has 166 valence electrons. The lowest BCUT2D eigenvalue weighted by atomic mass is 10.0. The zero-order valence-corrected chi connectivity index (χ0v) is 19.7. The number of hydrogen-bond acceptors (Lipinski definition) is 6. The standard InChI is InChI=1S/C19H27N3O5S3/c1-13(2)18(22-30(26,27)17-9-6-10-28-17)19(23)20-12-15-7-5-8-16(11-15)29(24,25)21-14(3)4/h5-11,13-14,18,21-22H,12H2,1-4H3,(H,20,23)/t18-/m0/s1. The molecule has 0 fully saturated rings. The first-order valence-electron chi connectivity index (χ1n) is 9.37. The highest BCUT2D eigenvalue weighted by Crippen LogP contribution is 2.17. The monoisotopic (exact) mass is 473 g/mol. The average molecular weight is 474 g/mol. The van der Waals surface area contributed by atoms with E-state index in [0.29, 0.717) is 5.56 Å². The Morgan fingerprint density at radius 3 is 2.23 bits per heavy atom. The van der Waals surface area contributed by atoms with Crippen LogP contribution in [-0.2, 0) is 31.4 Å². The van der Waals surface area contributed by atoms with Crippen LogP contribution in [0.25, 0.3) is 0 Å². The molecule has 0 saturated carbocycles. The first-order chi connectivity index (χ1) is 13.9. The highest BCUT2D eigenvalue weighted by Gasteiger charge is 2.28. The molecule has 0 radical (unpaired) electrons. The Bertz CT molecular complexity index is 1060. The molecule has 1 amide bonds. The summed E-state index contributed by atoms with van der Waals surface area (Å²) < 4.78 is 54.7. The number of carbonyl (C=O) groups is 1. The van der Waals surface area contributed by atoms with Crippen molar-refractivity contribution < 1.29 is 21.6 Å². The molecule has 0 bridgehead atoms. The Morgan fingerprint density at radius 1 is 0.967 bits per heavy atom. The molecule has 0 saturated heterocycles. The molecule has 0 spiro atoms. The smallest absolute Gasteiger partial charge is 0.250 e. The Kier molecular flexibility index (Phi) is 8.17. The number of amides is 1. The normalized spacial score (nSPS) is 13.5. The Hall–Kier alpha value is -1.79. The number of benzene rings is 1. The summed E-state index contributed by atoms with van der Waals surface area (Å²) >= 11 is 1.07. The molecule has 0 unspecified atom stereocenters. The minimum absolute atomic E-state index is 0.0633. The van der Waals surface area contributed by atoms with E-state index in [4.69, 9.17) is 0 Å². The zero-order valence-electron chi connectivity index (χ0n) is 17.2. The Labute approximate surface area is 182 Å². The van der Waals surface area contributed by atoms with Gasteiger partial charge in [0.25, 0.3) is 10.0 Å². The lowest BCUT2D eigenvalue weighted by Crippen LogP contribution is -2.49. The van der Waals surface area contributed by atoms with Gasteiger partial charge in [-0.05, 0) is 48.9 Å². The maximum atomic E-state index is 12.7. The third kappa shape index (κ3) is 6.61. The van der Waals surface area contributed by atoms with E-state index in [1.165, 1.54) is 18.2 Å². The number of carbonyl (C=O) groups excluding carboxylic acids is 1. The van der Waals surface area contributed by atoms with Gasteiger partial charge in [-0.25, -0.2) is 21.6 Å². The second-order valence-electron chi connectivity index (χ2n) is 7.42. The minimum atomic E-state index is -3.81. The molecule has 1 atom stereocenters. The molecule has 8 nitrogen and oxygen atoms in total. The van der Waals surface area contributed by atoms with Gasteiger partial charge in [0.15, 0.2) is 0 Å². The lowest BCUT2D eigenvalue weighted by molar-refractivity contribution is -0.123. The summed E-state index contributed by atoms with van der Waals surface area (Å²) in [6.07, 6.45) is 0. The van der Waals surface area contributed by atoms with Gasteiger partial charge < -0.3 is 5.32 Å². The van der Waals surface area contributed by atoms with Crippen molar-refractivity contribution in [3.05, 3.63) is 47.3 Å². The Morgan fingerprint density at radius 2 is 1.67 bits per heavy atom. The van der Waals surface area contributed by atoms with E-state index in [1.54, 1.807) is 51.3 Å². The molecule has 1 aromatic carbocycles. The fourth-order valence-electron chi connectivity index (χ4n) is 2.63. The largest absolute Gasteiger partial charge is 0.351 e. The predicted molar refractivity (Wildman–Crippen MR) is 117 cm³/mol. The van der Waals surface area contributed by atoms with Crippen LogP contribution < -0.4 is 14.8 Å². The van der Waals surface area contributed by atoms with Crippen LogP contribution in [0.4, 0.5) is 0 Å².